The quantitative estimate of drug-likeness (QED) is 0.612. The molecule has 1 saturated carbocycles. The topological polar surface area (TPSA) is 0 Å². The maximum Gasteiger partial charge on any atom is 0.416 e. The highest BCUT2D eigenvalue weighted by Gasteiger charge is 2.34. The summed E-state index contributed by atoms with van der Waals surface area (Å²) in [7, 11) is 0. The van der Waals surface area contributed by atoms with Crippen molar-refractivity contribution in [2.75, 3.05) is 0 Å². The highest BCUT2D eigenvalue weighted by atomic mass is 19.4. The number of hydrogen-bond donors (Lipinski definition) is 0. The van der Waals surface area contributed by atoms with Crippen molar-refractivity contribution in [3.63, 3.8) is 0 Å². The number of alkyl halides is 3. The van der Waals surface area contributed by atoms with Crippen LogP contribution in [0, 0.1) is 11.7 Å². The summed E-state index contributed by atoms with van der Waals surface area (Å²) in [4.78, 5) is 0. The minimum atomic E-state index is -4.39. The van der Waals surface area contributed by atoms with Gasteiger partial charge in [0.2, 0.25) is 0 Å². The number of halogens is 4. The van der Waals surface area contributed by atoms with Gasteiger partial charge in [-0.15, -0.1) is 0 Å². The minimum absolute atomic E-state index is 0.125. The Labute approximate surface area is 78.5 Å². The predicted octanol–water partition coefficient (Wildman–Crippen LogP) is 3.56. The molecule has 0 nitrogen and oxygen atoms in total. The van der Waals surface area contributed by atoms with Crippen molar-refractivity contribution in [1.82, 2.24) is 0 Å². The molecule has 0 atom stereocenters. The molecule has 1 radical (unpaired) electrons. The summed E-state index contributed by atoms with van der Waals surface area (Å²) in [5, 5.41) is 0. The van der Waals surface area contributed by atoms with E-state index in [1.165, 1.54) is 0 Å². The summed E-state index contributed by atoms with van der Waals surface area (Å²) in [6.07, 6.45) is -2.98. The second-order valence-electron chi connectivity index (χ2n) is 3.30. The van der Waals surface area contributed by atoms with E-state index < -0.39 is 17.6 Å². The van der Waals surface area contributed by atoms with Crippen LogP contribution < -0.4 is 0 Å². The fourth-order valence-electron chi connectivity index (χ4n) is 1.30. The second kappa shape index (κ2) is 2.97. The van der Waals surface area contributed by atoms with Gasteiger partial charge in [-0.05, 0) is 36.6 Å². The van der Waals surface area contributed by atoms with Gasteiger partial charge in [-0.1, -0.05) is 0 Å². The average molecular weight is 203 g/mol. The van der Waals surface area contributed by atoms with E-state index in [0.29, 0.717) is 12.8 Å². The van der Waals surface area contributed by atoms with Gasteiger partial charge in [-0.2, -0.15) is 13.2 Å². The molecule has 1 fully saturated rings. The first kappa shape index (κ1) is 9.49. The van der Waals surface area contributed by atoms with E-state index >= 15 is 0 Å². The molecular weight excluding hydrogens is 196 g/mol. The summed E-state index contributed by atoms with van der Waals surface area (Å²) in [5.74, 6) is 0.208. The van der Waals surface area contributed by atoms with Crippen molar-refractivity contribution in [1.29, 1.82) is 0 Å². The molecule has 4 heteroatoms. The predicted molar refractivity (Wildman–Crippen MR) is 43.0 cm³/mol. The standard InChI is InChI=1S/C10H7F4/c11-9-4-3-7(10(12,13)14)5-8(9)6-1-2-6/h3-5H,1-2H2. The lowest BCUT2D eigenvalue weighted by Gasteiger charge is -2.08. The Hall–Kier alpha value is -1.06. The van der Waals surface area contributed by atoms with E-state index in [1.54, 1.807) is 0 Å². The smallest absolute Gasteiger partial charge is 0.207 e. The molecule has 0 aromatic heterocycles. The van der Waals surface area contributed by atoms with Crippen LogP contribution in [0.5, 0.6) is 0 Å². The average Bonchev–Trinajstić information content (AvgIpc) is 2.85. The Kier molecular flexibility index (Phi) is 2.01. The van der Waals surface area contributed by atoms with Crippen molar-refractivity contribution in [2.24, 2.45) is 0 Å². The van der Waals surface area contributed by atoms with Crippen LogP contribution in [0.15, 0.2) is 18.2 Å². The van der Waals surface area contributed by atoms with Crippen LogP contribution in [0.1, 0.15) is 24.0 Å². The number of hydrogen-bond acceptors (Lipinski definition) is 0. The maximum atomic E-state index is 13.1. The monoisotopic (exact) mass is 203 g/mol. The normalized spacial score (nSPS) is 17.1. The molecule has 2 rings (SSSR count). The molecule has 1 aromatic carbocycles. The number of benzene rings is 1. The summed E-state index contributed by atoms with van der Waals surface area (Å²) in [6, 6.07) is 2.53. The van der Waals surface area contributed by atoms with Gasteiger partial charge >= 0.3 is 6.18 Å². The Bertz CT molecular complexity index is 350. The highest BCUT2D eigenvalue weighted by Crippen LogP contribution is 2.42. The lowest BCUT2D eigenvalue weighted by atomic mass is 10.1. The molecular formula is C10H7F4. The molecule has 0 heterocycles. The lowest BCUT2D eigenvalue weighted by Crippen LogP contribution is -2.06. The van der Waals surface area contributed by atoms with Crippen LogP contribution in [0.3, 0.4) is 0 Å². The first-order chi connectivity index (χ1) is 6.48. The Balaban J connectivity index is 2.40. The van der Waals surface area contributed by atoms with Crippen molar-refractivity contribution in [3.8, 4) is 0 Å². The van der Waals surface area contributed by atoms with Gasteiger partial charge in [-0.25, -0.2) is 4.39 Å². The van der Waals surface area contributed by atoms with Crippen LogP contribution in [-0.2, 0) is 6.18 Å². The molecule has 1 aromatic rings. The molecule has 1 aliphatic rings. The van der Waals surface area contributed by atoms with Gasteiger partial charge in [0.25, 0.3) is 0 Å². The summed E-state index contributed by atoms with van der Waals surface area (Å²) >= 11 is 0. The van der Waals surface area contributed by atoms with E-state index in [4.69, 9.17) is 0 Å². The Morgan fingerprint density at radius 3 is 2.21 bits per heavy atom. The molecule has 0 bridgehead atoms. The van der Waals surface area contributed by atoms with Crippen molar-refractivity contribution < 1.29 is 17.6 Å². The summed E-state index contributed by atoms with van der Waals surface area (Å²) < 4.78 is 49.8. The third-order valence-corrected chi connectivity index (χ3v) is 2.17. The van der Waals surface area contributed by atoms with Crippen LogP contribution in [0.25, 0.3) is 0 Å². The summed E-state index contributed by atoms with van der Waals surface area (Å²) in [5.41, 5.74) is -0.659. The molecule has 0 amide bonds. The van der Waals surface area contributed by atoms with Crippen molar-refractivity contribution in [2.45, 2.75) is 19.0 Å². The molecule has 0 saturated heterocycles. The third-order valence-electron chi connectivity index (χ3n) is 2.17. The number of rotatable bonds is 1. The molecule has 0 unspecified atom stereocenters. The zero-order chi connectivity index (χ0) is 10.3. The van der Waals surface area contributed by atoms with Crippen LogP contribution >= 0.6 is 0 Å². The van der Waals surface area contributed by atoms with E-state index in [-0.39, 0.29) is 5.56 Å². The first-order valence-corrected chi connectivity index (χ1v) is 4.20. The van der Waals surface area contributed by atoms with Gasteiger partial charge in [0.1, 0.15) is 5.82 Å². The van der Waals surface area contributed by atoms with Gasteiger partial charge in [0.05, 0.1) is 5.56 Å². The van der Waals surface area contributed by atoms with E-state index in [9.17, 15) is 17.6 Å². The molecule has 14 heavy (non-hydrogen) atoms. The fraction of sp³-hybridized carbons (Fsp3) is 0.300. The van der Waals surface area contributed by atoms with E-state index in [1.807, 2.05) is 0 Å². The Morgan fingerprint density at radius 2 is 1.71 bits per heavy atom. The molecule has 75 valence electrons. The van der Waals surface area contributed by atoms with Gasteiger partial charge < -0.3 is 0 Å². The molecule has 0 spiro atoms. The van der Waals surface area contributed by atoms with E-state index in [0.717, 1.165) is 24.1 Å². The SMILES string of the molecule is Fc1ccc(C(F)(F)F)cc1[C]1CC1. The van der Waals surface area contributed by atoms with E-state index in [2.05, 4.69) is 0 Å². The molecule has 0 aliphatic heterocycles. The zero-order valence-electron chi connectivity index (χ0n) is 7.16. The maximum absolute atomic E-state index is 13.1. The van der Waals surface area contributed by atoms with Crippen molar-refractivity contribution in [3.05, 3.63) is 41.1 Å². The minimum Gasteiger partial charge on any atom is -0.207 e. The van der Waals surface area contributed by atoms with Gasteiger partial charge in [-0.3, -0.25) is 0 Å². The molecule has 0 N–H and O–H groups in total. The summed E-state index contributed by atoms with van der Waals surface area (Å²) in [6.45, 7) is 0. The highest BCUT2D eigenvalue weighted by molar-refractivity contribution is 5.41. The van der Waals surface area contributed by atoms with Gasteiger partial charge in [0, 0.05) is 5.92 Å². The zero-order valence-corrected chi connectivity index (χ0v) is 7.16. The first-order valence-electron chi connectivity index (χ1n) is 4.20. The fourth-order valence-corrected chi connectivity index (χ4v) is 1.30. The third kappa shape index (κ3) is 1.74. The molecule has 1 aliphatic carbocycles. The van der Waals surface area contributed by atoms with Crippen LogP contribution in [-0.4, -0.2) is 0 Å². The van der Waals surface area contributed by atoms with Crippen molar-refractivity contribution >= 4 is 0 Å². The lowest BCUT2D eigenvalue weighted by molar-refractivity contribution is -0.137. The Morgan fingerprint density at radius 1 is 1.07 bits per heavy atom. The second-order valence-corrected chi connectivity index (χ2v) is 3.30. The largest absolute Gasteiger partial charge is 0.416 e. The van der Waals surface area contributed by atoms with Crippen LogP contribution in [0.4, 0.5) is 17.6 Å². The van der Waals surface area contributed by atoms with Crippen LogP contribution in [0.2, 0.25) is 0 Å². The van der Waals surface area contributed by atoms with Gasteiger partial charge in [0.15, 0.2) is 0 Å².